The van der Waals surface area contributed by atoms with E-state index in [0.29, 0.717) is 37.0 Å². The summed E-state index contributed by atoms with van der Waals surface area (Å²) in [5, 5.41) is -0.417. The van der Waals surface area contributed by atoms with Crippen LogP contribution < -0.4 is 9.47 Å². The van der Waals surface area contributed by atoms with Crippen molar-refractivity contribution in [2.75, 3.05) is 32.8 Å². The number of carbonyl (C=O) groups is 3. The first-order chi connectivity index (χ1) is 15.6. The molecule has 2 heterocycles. The third-order valence-electron chi connectivity index (χ3n) is 5.15. The van der Waals surface area contributed by atoms with Gasteiger partial charge in [-0.15, -0.1) is 0 Å². The Morgan fingerprint density at radius 2 is 1.62 bits per heavy atom. The van der Waals surface area contributed by atoms with Crippen molar-refractivity contribution in [3.8, 4) is 11.5 Å². The van der Waals surface area contributed by atoms with Crippen LogP contribution in [0, 0.1) is 0 Å². The maximum atomic E-state index is 12.7. The summed E-state index contributed by atoms with van der Waals surface area (Å²) in [4.78, 5) is 40.4. The lowest BCUT2D eigenvalue weighted by Gasteiger charge is -2.18. The summed E-state index contributed by atoms with van der Waals surface area (Å²) in [6, 6.07) is 16.8. The fraction of sp³-hybridized carbons (Fsp3) is 0.292. The molecule has 0 aliphatic carbocycles. The van der Waals surface area contributed by atoms with Gasteiger partial charge in [-0.05, 0) is 60.5 Å². The van der Waals surface area contributed by atoms with E-state index in [1.807, 2.05) is 48.5 Å². The Balaban J connectivity index is 1.33. The van der Waals surface area contributed by atoms with Crippen LogP contribution in [0.3, 0.4) is 0 Å². The normalized spacial score (nSPS) is 17.3. The highest BCUT2D eigenvalue weighted by Crippen LogP contribution is 2.32. The molecule has 166 valence electrons. The molecule has 0 saturated carbocycles. The Hall–Kier alpha value is -3.26. The second-order valence-corrected chi connectivity index (χ2v) is 8.43. The third-order valence-corrected chi connectivity index (χ3v) is 6.05. The van der Waals surface area contributed by atoms with Gasteiger partial charge in [-0.1, -0.05) is 30.3 Å². The summed E-state index contributed by atoms with van der Waals surface area (Å²) in [6.45, 7) is 1.94. The zero-order chi connectivity index (χ0) is 22.3. The van der Waals surface area contributed by atoms with E-state index in [2.05, 4.69) is 0 Å². The Morgan fingerprint density at radius 3 is 2.38 bits per heavy atom. The molecule has 32 heavy (non-hydrogen) atoms. The summed E-state index contributed by atoms with van der Waals surface area (Å²) < 4.78 is 11.4. The molecule has 0 bridgehead atoms. The minimum Gasteiger partial charge on any atom is -0.490 e. The van der Waals surface area contributed by atoms with Crippen LogP contribution in [0.25, 0.3) is 6.08 Å². The molecule has 2 fully saturated rings. The van der Waals surface area contributed by atoms with E-state index < -0.39 is 11.1 Å². The molecule has 0 aromatic heterocycles. The van der Waals surface area contributed by atoms with Crippen molar-refractivity contribution in [2.24, 2.45) is 0 Å². The van der Waals surface area contributed by atoms with Crippen molar-refractivity contribution < 1.29 is 23.9 Å². The maximum Gasteiger partial charge on any atom is 0.294 e. The van der Waals surface area contributed by atoms with Gasteiger partial charge in [0.05, 0.1) is 4.91 Å². The van der Waals surface area contributed by atoms with Crippen molar-refractivity contribution in [1.29, 1.82) is 0 Å². The summed E-state index contributed by atoms with van der Waals surface area (Å²) in [7, 11) is 0. The van der Waals surface area contributed by atoms with Gasteiger partial charge in [0.2, 0.25) is 5.91 Å². The molecular weight excluding hydrogens is 428 g/mol. The van der Waals surface area contributed by atoms with Gasteiger partial charge in [-0.25, -0.2) is 0 Å². The molecule has 0 radical (unpaired) electrons. The molecule has 0 N–H and O–H groups in total. The minimum atomic E-state index is -0.435. The molecule has 2 aliphatic heterocycles. The van der Waals surface area contributed by atoms with Crippen molar-refractivity contribution in [3.05, 3.63) is 65.1 Å². The standard InChI is InChI=1S/C24H24N2O5S/c27-22(25-11-4-5-12-25)17-26-23(28)21(32-24(26)29)16-18-7-6-10-20(15-18)31-14-13-30-19-8-2-1-3-9-19/h1-3,6-10,15-16H,4-5,11-14,17H2/b21-16-. The number of ether oxygens (including phenoxy) is 2. The van der Waals surface area contributed by atoms with Gasteiger partial charge < -0.3 is 14.4 Å². The summed E-state index contributed by atoms with van der Waals surface area (Å²) in [5.41, 5.74) is 0.739. The predicted octanol–water partition coefficient (Wildman–Crippen LogP) is 3.80. The van der Waals surface area contributed by atoms with Gasteiger partial charge in [-0.3, -0.25) is 19.3 Å². The lowest BCUT2D eigenvalue weighted by Crippen LogP contribution is -2.40. The number of rotatable bonds is 8. The van der Waals surface area contributed by atoms with Crippen molar-refractivity contribution in [1.82, 2.24) is 9.80 Å². The molecule has 7 nitrogen and oxygen atoms in total. The number of carbonyl (C=O) groups excluding carboxylic acids is 3. The van der Waals surface area contributed by atoms with Gasteiger partial charge in [0.15, 0.2) is 0 Å². The van der Waals surface area contributed by atoms with Gasteiger partial charge in [0.25, 0.3) is 11.1 Å². The van der Waals surface area contributed by atoms with Crippen molar-refractivity contribution >= 4 is 34.9 Å². The van der Waals surface area contributed by atoms with E-state index in [0.717, 1.165) is 40.8 Å². The number of nitrogens with zero attached hydrogens (tertiary/aromatic N) is 2. The largest absolute Gasteiger partial charge is 0.490 e. The summed E-state index contributed by atoms with van der Waals surface area (Å²) in [5.74, 6) is 0.803. The van der Waals surface area contributed by atoms with Gasteiger partial charge in [0, 0.05) is 13.1 Å². The van der Waals surface area contributed by atoms with Crippen LogP contribution in [0.5, 0.6) is 11.5 Å². The third kappa shape index (κ3) is 5.50. The van der Waals surface area contributed by atoms with Crippen LogP contribution in [0.4, 0.5) is 4.79 Å². The van der Waals surface area contributed by atoms with Gasteiger partial charge in [0.1, 0.15) is 31.3 Å². The average Bonchev–Trinajstić information content (AvgIpc) is 3.43. The topological polar surface area (TPSA) is 76.1 Å². The van der Waals surface area contributed by atoms with Crippen LogP contribution in [-0.2, 0) is 9.59 Å². The Bertz CT molecular complexity index is 1020. The molecule has 2 aromatic rings. The molecule has 2 saturated heterocycles. The zero-order valence-corrected chi connectivity index (χ0v) is 18.4. The number of hydrogen-bond donors (Lipinski definition) is 0. The Morgan fingerprint density at radius 1 is 0.938 bits per heavy atom. The number of hydrogen-bond acceptors (Lipinski definition) is 6. The van der Waals surface area contributed by atoms with Gasteiger partial charge in [-0.2, -0.15) is 0 Å². The number of benzene rings is 2. The first kappa shape index (κ1) is 22.0. The molecule has 2 aliphatic rings. The molecule has 0 atom stereocenters. The first-order valence-electron chi connectivity index (χ1n) is 10.5. The molecule has 0 spiro atoms. The van der Waals surface area contributed by atoms with E-state index in [9.17, 15) is 14.4 Å². The Labute approximate surface area is 191 Å². The molecule has 8 heteroatoms. The number of amides is 3. The number of para-hydroxylation sites is 1. The summed E-state index contributed by atoms with van der Waals surface area (Å²) >= 11 is 0.853. The molecular formula is C24H24N2O5S. The highest BCUT2D eigenvalue weighted by molar-refractivity contribution is 8.18. The Kier molecular flexibility index (Phi) is 7.11. The highest BCUT2D eigenvalue weighted by atomic mass is 32.2. The first-order valence-corrected chi connectivity index (χ1v) is 11.4. The van der Waals surface area contributed by atoms with Crippen molar-refractivity contribution in [3.63, 3.8) is 0 Å². The van der Waals surface area contributed by atoms with E-state index >= 15 is 0 Å². The lowest BCUT2D eigenvalue weighted by atomic mass is 10.2. The molecule has 4 rings (SSSR count). The van der Waals surface area contributed by atoms with Crippen LogP contribution in [0.15, 0.2) is 59.5 Å². The van der Waals surface area contributed by atoms with E-state index in [1.54, 1.807) is 17.0 Å². The number of likely N-dealkylation sites (tertiary alicyclic amines) is 1. The quantitative estimate of drug-likeness (QED) is 0.448. The monoisotopic (exact) mass is 452 g/mol. The fourth-order valence-corrected chi connectivity index (χ4v) is 4.36. The van der Waals surface area contributed by atoms with Gasteiger partial charge >= 0.3 is 0 Å². The summed E-state index contributed by atoms with van der Waals surface area (Å²) in [6.07, 6.45) is 3.58. The van der Waals surface area contributed by atoms with Crippen LogP contribution >= 0.6 is 11.8 Å². The smallest absolute Gasteiger partial charge is 0.294 e. The zero-order valence-electron chi connectivity index (χ0n) is 17.6. The lowest BCUT2D eigenvalue weighted by molar-refractivity contribution is -0.135. The van der Waals surface area contributed by atoms with E-state index in [1.165, 1.54) is 0 Å². The van der Waals surface area contributed by atoms with Crippen LogP contribution in [0.1, 0.15) is 18.4 Å². The number of thioether (sulfide) groups is 1. The average molecular weight is 453 g/mol. The highest BCUT2D eigenvalue weighted by Gasteiger charge is 2.37. The van der Waals surface area contributed by atoms with Crippen LogP contribution in [0.2, 0.25) is 0 Å². The van der Waals surface area contributed by atoms with Crippen LogP contribution in [-0.4, -0.2) is 59.7 Å². The number of imide groups is 1. The second kappa shape index (κ2) is 10.4. The van der Waals surface area contributed by atoms with E-state index in [4.69, 9.17) is 9.47 Å². The SMILES string of the molecule is O=C(CN1C(=O)S/C(=C\c2cccc(OCCOc3ccccc3)c2)C1=O)N1CCCC1. The second-order valence-electron chi connectivity index (χ2n) is 7.44. The maximum absolute atomic E-state index is 12.7. The minimum absolute atomic E-state index is 0.181. The molecule has 3 amide bonds. The molecule has 0 unspecified atom stereocenters. The fourth-order valence-electron chi connectivity index (χ4n) is 3.52. The predicted molar refractivity (Wildman–Crippen MR) is 122 cm³/mol. The van der Waals surface area contributed by atoms with Crippen molar-refractivity contribution in [2.45, 2.75) is 12.8 Å². The molecule has 2 aromatic carbocycles. The van der Waals surface area contributed by atoms with E-state index in [-0.39, 0.29) is 12.5 Å².